The molecular formula is C23H26N4O2. The van der Waals surface area contributed by atoms with Crippen molar-refractivity contribution in [3.8, 4) is 0 Å². The largest absolute Gasteiger partial charge is 0.359 e. The van der Waals surface area contributed by atoms with Crippen molar-refractivity contribution in [3.05, 3.63) is 52.8 Å². The number of carbonyl (C=O) groups excluding carboxylic acids is 2. The molecule has 0 atom stereocenters. The molecule has 2 heterocycles. The van der Waals surface area contributed by atoms with Gasteiger partial charge in [0.05, 0.1) is 11.3 Å². The number of H-pyrrole nitrogens is 1. The van der Waals surface area contributed by atoms with Gasteiger partial charge in [0.1, 0.15) is 0 Å². The van der Waals surface area contributed by atoms with Gasteiger partial charge >= 0.3 is 6.03 Å². The van der Waals surface area contributed by atoms with Crippen LogP contribution >= 0.6 is 0 Å². The van der Waals surface area contributed by atoms with Crippen molar-refractivity contribution < 1.29 is 9.59 Å². The second-order valence-electron chi connectivity index (χ2n) is 8.67. The number of hydrogen-bond donors (Lipinski definition) is 3. The summed E-state index contributed by atoms with van der Waals surface area (Å²) < 4.78 is 0. The summed E-state index contributed by atoms with van der Waals surface area (Å²) in [5.41, 5.74) is 5.41. The van der Waals surface area contributed by atoms with Crippen LogP contribution in [0.1, 0.15) is 42.3 Å². The molecule has 2 fully saturated rings. The second-order valence-corrected chi connectivity index (χ2v) is 8.67. The van der Waals surface area contributed by atoms with E-state index in [9.17, 15) is 9.59 Å². The van der Waals surface area contributed by atoms with Gasteiger partial charge in [-0.25, -0.2) is 9.69 Å². The van der Waals surface area contributed by atoms with E-state index < -0.39 is 0 Å². The number of urea groups is 1. The molecule has 1 aromatic heterocycles. The number of benzene rings is 1. The number of imide groups is 1. The second kappa shape index (κ2) is 6.07. The minimum atomic E-state index is -0.344. The standard InChI is InChI=1S/C23H26N4O2/c1-4-25-23-11-22(23,12-23)13-24-21(29)27-19-8-6-5-7-16(19)17(20(27)28)10-18-14(2)9-15(3)26-18/h5-10,25-26H,4,11-13H2,1-3H3,(H,24,29)/b17-10-. The summed E-state index contributed by atoms with van der Waals surface area (Å²) >= 11 is 0. The third-order valence-corrected chi connectivity index (χ3v) is 6.69. The number of fused-ring (bicyclic) bond motifs is 2. The Kier molecular flexibility index (Phi) is 3.80. The normalized spacial score (nSPS) is 27.8. The van der Waals surface area contributed by atoms with Gasteiger partial charge < -0.3 is 15.6 Å². The topological polar surface area (TPSA) is 77.2 Å². The summed E-state index contributed by atoms with van der Waals surface area (Å²) in [6.07, 6.45) is 4.07. The van der Waals surface area contributed by atoms with Gasteiger partial charge in [-0.15, -0.1) is 0 Å². The molecule has 1 aliphatic heterocycles. The first kappa shape index (κ1) is 18.2. The lowest BCUT2D eigenvalue weighted by molar-refractivity contribution is -0.112. The molecule has 0 bridgehead atoms. The Morgan fingerprint density at radius 2 is 2.03 bits per heavy atom. The predicted molar refractivity (Wildman–Crippen MR) is 114 cm³/mol. The van der Waals surface area contributed by atoms with Gasteiger partial charge in [-0.1, -0.05) is 25.1 Å². The molecule has 0 radical (unpaired) electrons. The summed E-state index contributed by atoms with van der Waals surface area (Å²) in [4.78, 5) is 30.8. The van der Waals surface area contributed by atoms with E-state index in [-0.39, 0.29) is 22.9 Å². The molecule has 150 valence electrons. The Morgan fingerprint density at radius 1 is 1.28 bits per heavy atom. The van der Waals surface area contributed by atoms with Crippen molar-refractivity contribution in [2.45, 2.75) is 39.2 Å². The van der Waals surface area contributed by atoms with Crippen molar-refractivity contribution in [1.29, 1.82) is 0 Å². The summed E-state index contributed by atoms with van der Waals surface area (Å²) in [5, 5.41) is 6.54. The number of amides is 3. The van der Waals surface area contributed by atoms with Crippen molar-refractivity contribution >= 4 is 29.3 Å². The zero-order valence-electron chi connectivity index (χ0n) is 17.1. The van der Waals surface area contributed by atoms with Gasteiger partial charge in [0.15, 0.2) is 0 Å². The smallest absolute Gasteiger partial charge is 0.329 e. The van der Waals surface area contributed by atoms with Crippen LogP contribution in [-0.4, -0.2) is 35.6 Å². The molecule has 6 heteroatoms. The van der Waals surface area contributed by atoms with E-state index in [1.807, 2.05) is 50.3 Å². The number of carbonyl (C=O) groups is 2. The van der Waals surface area contributed by atoms with Crippen molar-refractivity contribution in [1.82, 2.24) is 15.6 Å². The maximum Gasteiger partial charge on any atom is 0.329 e. The van der Waals surface area contributed by atoms with Gasteiger partial charge in [-0.05, 0) is 57.0 Å². The van der Waals surface area contributed by atoms with E-state index in [1.54, 1.807) is 0 Å². The lowest BCUT2D eigenvalue weighted by Gasteiger charge is -2.16. The highest BCUT2D eigenvalue weighted by Crippen LogP contribution is 2.78. The zero-order chi connectivity index (χ0) is 20.4. The first-order valence-corrected chi connectivity index (χ1v) is 10.2. The minimum absolute atomic E-state index is 0.193. The Morgan fingerprint density at radius 3 is 2.72 bits per heavy atom. The maximum atomic E-state index is 13.2. The Balaban J connectivity index is 1.39. The van der Waals surface area contributed by atoms with E-state index in [0.717, 1.165) is 41.9 Å². The fourth-order valence-electron chi connectivity index (χ4n) is 4.91. The maximum absolute atomic E-state index is 13.2. The summed E-state index contributed by atoms with van der Waals surface area (Å²) in [6.45, 7) is 7.66. The first-order chi connectivity index (χ1) is 13.9. The van der Waals surface area contributed by atoms with Crippen LogP contribution in [0.25, 0.3) is 11.6 Å². The predicted octanol–water partition coefficient (Wildman–Crippen LogP) is 3.37. The molecule has 2 saturated carbocycles. The number of anilines is 1. The molecule has 1 aromatic carbocycles. The minimum Gasteiger partial charge on any atom is -0.359 e. The van der Waals surface area contributed by atoms with Gasteiger partial charge in [-0.2, -0.15) is 0 Å². The van der Waals surface area contributed by atoms with Gasteiger partial charge in [-0.3, -0.25) is 4.79 Å². The fraction of sp³-hybridized carbons (Fsp3) is 0.391. The molecule has 3 aliphatic rings. The summed E-state index contributed by atoms with van der Waals surface area (Å²) in [6, 6.07) is 9.18. The van der Waals surface area contributed by atoms with Crippen LogP contribution in [0.15, 0.2) is 30.3 Å². The molecule has 3 N–H and O–H groups in total. The number of aryl methyl sites for hydroxylation is 2. The highest BCUT2D eigenvalue weighted by Gasteiger charge is 2.82. The number of aromatic nitrogens is 1. The van der Waals surface area contributed by atoms with Gasteiger partial charge in [0, 0.05) is 34.4 Å². The van der Waals surface area contributed by atoms with Crippen LogP contribution in [-0.2, 0) is 4.79 Å². The lowest BCUT2D eigenvalue weighted by Crippen LogP contribution is -2.43. The Hall–Kier alpha value is -2.86. The van der Waals surface area contributed by atoms with E-state index >= 15 is 0 Å². The number of nitrogens with zero attached hydrogens (tertiary/aromatic N) is 1. The van der Waals surface area contributed by atoms with E-state index in [0.29, 0.717) is 17.8 Å². The van der Waals surface area contributed by atoms with E-state index in [1.165, 1.54) is 4.90 Å². The van der Waals surface area contributed by atoms with Crippen LogP contribution in [0.3, 0.4) is 0 Å². The molecule has 2 aliphatic carbocycles. The average Bonchev–Trinajstić information content (AvgIpc) is 3.38. The highest BCUT2D eigenvalue weighted by atomic mass is 16.2. The fourth-order valence-corrected chi connectivity index (χ4v) is 4.91. The lowest BCUT2D eigenvalue weighted by atomic mass is 10.1. The molecule has 3 amide bonds. The summed E-state index contributed by atoms with van der Waals surface area (Å²) in [5.74, 6) is -0.280. The molecule has 0 unspecified atom stereocenters. The molecule has 0 spiro atoms. The quantitative estimate of drug-likeness (QED) is 0.685. The van der Waals surface area contributed by atoms with Crippen LogP contribution in [0, 0.1) is 19.3 Å². The molecule has 29 heavy (non-hydrogen) atoms. The molecule has 6 nitrogen and oxygen atoms in total. The number of rotatable bonds is 5. The van der Waals surface area contributed by atoms with Crippen molar-refractivity contribution in [3.63, 3.8) is 0 Å². The Labute approximate surface area is 170 Å². The van der Waals surface area contributed by atoms with Crippen LogP contribution in [0.4, 0.5) is 10.5 Å². The van der Waals surface area contributed by atoms with Crippen LogP contribution in [0.2, 0.25) is 0 Å². The van der Waals surface area contributed by atoms with Gasteiger partial charge in [0.2, 0.25) is 0 Å². The van der Waals surface area contributed by atoms with E-state index in [4.69, 9.17) is 0 Å². The van der Waals surface area contributed by atoms with Crippen LogP contribution in [0.5, 0.6) is 0 Å². The average molecular weight is 390 g/mol. The third kappa shape index (κ3) is 2.66. The molecule has 5 rings (SSSR count). The third-order valence-electron chi connectivity index (χ3n) is 6.69. The zero-order valence-corrected chi connectivity index (χ0v) is 17.1. The van der Waals surface area contributed by atoms with Crippen molar-refractivity contribution in [2.24, 2.45) is 5.41 Å². The SMILES string of the molecule is CCNC12CC1(CNC(=O)N1C(=O)/C(=C\c3[nH]c(C)cc3C)c3ccccc31)C2. The van der Waals surface area contributed by atoms with Crippen LogP contribution < -0.4 is 15.5 Å². The molecule has 2 aromatic rings. The summed E-state index contributed by atoms with van der Waals surface area (Å²) in [7, 11) is 0. The number of para-hydroxylation sites is 1. The Bertz CT molecular complexity index is 1060. The van der Waals surface area contributed by atoms with E-state index in [2.05, 4.69) is 22.5 Å². The van der Waals surface area contributed by atoms with Crippen molar-refractivity contribution in [2.75, 3.05) is 18.0 Å². The molecule has 0 saturated heterocycles. The first-order valence-electron chi connectivity index (χ1n) is 10.2. The van der Waals surface area contributed by atoms with Gasteiger partial charge in [0.25, 0.3) is 5.91 Å². The monoisotopic (exact) mass is 390 g/mol. The number of nitrogens with one attached hydrogen (secondary N) is 3. The molecular weight excluding hydrogens is 364 g/mol. The highest BCUT2D eigenvalue weighted by molar-refractivity contribution is 6.42. The number of hydrogen-bond acceptors (Lipinski definition) is 3. The number of aromatic amines is 1.